The smallest absolute Gasteiger partial charge is 0.363 e. The van der Waals surface area contributed by atoms with E-state index >= 15 is 0 Å². The SMILES string of the molecule is C[S+](C)(=O)Cc1ccc(N(Cc2ccccc2)Cc2ccccc2)cc1.FC(F)(F)c1cc([B-](c2cc(C(F)(F)F)cc(C(F)(F)F)c2)(c2cc(C(F)(F)F)cc(C(F)(F)F)c2)c2cc(C(F)(F)F)cc(C(F)(F)F)c2)cc(C(F)(F)F)c1. The number of hydrogen-bond donors (Lipinski definition) is 0. The maximum Gasteiger partial charge on any atom is 0.416 e. The molecule has 0 aliphatic heterocycles. The molecular weight excluding hydrogens is 1190 g/mol. The predicted octanol–water partition coefficient (Wildman–Crippen LogP) is 16.4. The van der Waals surface area contributed by atoms with Crippen molar-refractivity contribution in [3.05, 3.63) is 219 Å². The van der Waals surface area contributed by atoms with Crippen LogP contribution in [0.15, 0.2) is 158 Å². The third kappa shape index (κ3) is 16.4. The molecule has 0 fully saturated rings. The summed E-state index contributed by atoms with van der Waals surface area (Å²) in [6.07, 6.45) is -51.2. The summed E-state index contributed by atoms with van der Waals surface area (Å²) in [5.74, 6) is 0.630. The molecule has 7 rings (SSSR count). The molecule has 0 bridgehead atoms. The third-order valence-corrected chi connectivity index (χ3v) is 13.7. The molecule has 2 nitrogen and oxygen atoms in total. The summed E-state index contributed by atoms with van der Waals surface area (Å²) in [6.45, 7) is 1.71. The van der Waals surface area contributed by atoms with Crippen molar-refractivity contribution in [2.75, 3.05) is 17.4 Å². The number of rotatable bonds is 11. The lowest BCUT2D eigenvalue weighted by Gasteiger charge is -2.46. The summed E-state index contributed by atoms with van der Waals surface area (Å²) in [7, 11) is -1.77. The van der Waals surface area contributed by atoms with Crippen LogP contribution in [0.25, 0.3) is 0 Å². The van der Waals surface area contributed by atoms with Gasteiger partial charge in [-0.15, -0.1) is 4.21 Å². The van der Waals surface area contributed by atoms with Crippen LogP contribution in [-0.4, -0.2) is 18.7 Å². The molecule has 0 atom stereocenters. The summed E-state index contributed by atoms with van der Waals surface area (Å²) in [5, 5.41) is 0. The lowest BCUT2D eigenvalue weighted by molar-refractivity contribution is -0.144. The Morgan fingerprint density at radius 3 is 0.723 bits per heavy atom. The zero-order valence-corrected chi connectivity index (χ0v) is 42.9. The topological polar surface area (TPSA) is 20.3 Å². The van der Waals surface area contributed by atoms with E-state index < -0.39 is 205 Å². The predicted molar refractivity (Wildman–Crippen MR) is 263 cm³/mol. The van der Waals surface area contributed by atoms with Gasteiger partial charge in [0.15, 0.2) is 0 Å². The fourth-order valence-electron chi connectivity index (χ4n) is 9.12. The summed E-state index contributed by atoms with van der Waals surface area (Å²) in [6, 6.07) is 20.8. The van der Waals surface area contributed by atoms with E-state index in [9.17, 15) is 110 Å². The highest BCUT2D eigenvalue weighted by Gasteiger charge is 2.47. The maximum atomic E-state index is 14.2. The average Bonchev–Trinajstić information content (AvgIpc) is 3.18. The third-order valence-electron chi connectivity index (χ3n) is 12.7. The summed E-state index contributed by atoms with van der Waals surface area (Å²) >= 11 is 0. The first-order valence-corrected chi connectivity index (χ1v) is 26.0. The number of nitrogens with zero attached hydrogens (tertiary/aromatic N) is 1. The van der Waals surface area contributed by atoms with Gasteiger partial charge in [-0.1, -0.05) is 121 Å². The highest BCUT2D eigenvalue weighted by atomic mass is 32.2. The van der Waals surface area contributed by atoms with Gasteiger partial charge in [-0.2, -0.15) is 127 Å². The number of anilines is 1. The monoisotopic (exact) mass is 1230 g/mol. The molecule has 0 N–H and O–H groups in total. The van der Waals surface area contributed by atoms with Gasteiger partial charge in [0.2, 0.25) is 0 Å². The van der Waals surface area contributed by atoms with E-state index in [1.165, 1.54) is 16.8 Å². The van der Waals surface area contributed by atoms with E-state index in [-0.39, 0.29) is 0 Å². The van der Waals surface area contributed by atoms with Gasteiger partial charge in [-0.25, -0.2) is 0 Å². The van der Waals surface area contributed by atoms with Crippen molar-refractivity contribution in [3.8, 4) is 0 Å². The number of hydrogen-bond acceptors (Lipinski definition) is 2. The fraction of sp³-hybridized carbons (Fsp3) is 0.236. The van der Waals surface area contributed by atoms with Crippen LogP contribution in [0.3, 0.4) is 0 Å². The molecule has 0 amide bonds. The molecular formula is C55H38BF24NOS. The van der Waals surface area contributed by atoms with Crippen molar-refractivity contribution in [1.29, 1.82) is 0 Å². The van der Waals surface area contributed by atoms with Gasteiger partial charge in [0.05, 0.1) is 54.4 Å². The minimum atomic E-state index is -6.13. The van der Waals surface area contributed by atoms with Crippen molar-refractivity contribution in [1.82, 2.24) is 0 Å². The van der Waals surface area contributed by atoms with Gasteiger partial charge in [0, 0.05) is 24.3 Å². The van der Waals surface area contributed by atoms with Crippen LogP contribution in [0.4, 0.5) is 111 Å². The Balaban J connectivity index is 0.000000352. The molecule has 0 saturated heterocycles. The van der Waals surface area contributed by atoms with Crippen molar-refractivity contribution in [3.63, 3.8) is 0 Å². The van der Waals surface area contributed by atoms with E-state index in [0.717, 1.165) is 18.7 Å². The lowest BCUT2D eigenvalue weighted by atomic mass is 9.12. The Hall–Kier alpha value is -7.13. The van der Waals surface area contributed by atoms with Crippen LogP contribution in [-0.2, 0) is 82.4 Å². The van der Waals surface area contributed by atoms with Gasteiger partial charge >= 0.3 is 49.4 Å². The first-order valence-electron chi connectivity index (χ1n) is 23.4. The van der Waals surface area contributed by atoms with Gasteiger partial charge in [-0.05, 0) is 47.5 Å². The normalized spacial score (nSPS) is 13.4. The van der Waals surface area contributed by atoms with Crippen LogP contribution >= 0.6 is 0 Å². The second-order valence-electron chi connectivity index (χ2n) is 19.3. The Bertz CT molecular complexity index is 2950. The van der Waals surface area contributed by atoms with Crippen LogP contribution < -0.4 is 26.8 Å². The van der Waals surface area contributed by atoms with Crippen molar-refractivity contribution in [2.24, 2.45) is 0 Å². The van der Waals surface area contributed by atoms with Gasteiger partial charge in [0.1, 0.15) is 24.4 Å². The minimum Gasteiger partial charge on any atom is -0.363 e. The Kier molecular flexibility index (Phi) is 18.1. The van der Waals surface area contributed by atoms with Crippen LogP contribution in [0.5, 0.6) is 0 Å². The highest BCUT2D eigenvalue weighted by Crippen LogP contribution is 2.42. The molecule has 0 aliphatic rings. The van der Waals surface area contributed by atoms with Crippen LogP contribution in [0, 0.1) is 0 Å². The van der Waals surface area contributed by atoms with Gasteiger partial charge < -0.3 is 4.90 Å². The second kappa shape index (κ2) is 23.1. The minimum absolute atomic E-state index is 0.630. The van der Waals surface area contributed by atoms with Crippen LogP contribution in [0.1, 0.15) is 61.2 Å². The fourth-order valence-corrected chi connectivity index (χ4v) is 10.1. The first kappa shape index (κ1) is 65.0. The molecule has 0 radical (unpaired) electrons. The summed E-state index contributed by atoms with van der Waals surface area (Å²) in [5.41, 5.74) is -25.3. The zero-order chi connectivity index (χ0) is 62.3. The quantitative estimate of drug-likeness (QED) is 0.0731. The zero-order valence-electron chi connectivity index (χ0n) is 42.0. The standard InChI is InChI=1S/C32H12BF24.C23H26NOS/c34-25(35,36)13-1-14(26(37,38)39)6-21(5-13)33(22-7-15(27(40,41)42)2-16(8-22)28(43,44)45,23-9-17(29(46,47)48)3-18(10-23)30(49,50)51)24-11-19(31(52,53)54)4-20(12-24)32(55,56)57;1-26(2,25)19-22-13-15-23(16-14-22)24(17-20-9-5-3-6-10-20)18-21-11-7-4-8-12-21/h1-12H;3-16H,17-19H2,1-2H3/q-1;+1. The number of halogens is 24. The van der Waals surface area contributed by atoms with Gasteiger partial charge in [0.25, 0.3) is 0 Å². The molecule has 0 aliphatic carbocycles. The largest absolute Gasteiger partial charge is 0.416 e. The molecule has 0 aromatic heterocycles. The molecule has 7 aromatic rings. The van der Waals surface area contributed by atoms with E-state index in [0.29, 0.717) is 5.75 Å². The van der Waals surface area contributed by atoms with E-state index in [2.05, 4.69) is 77.7 Å². The van der Waals surface area contributed by atoms with E-state index in [1.54, 1.807) is 0 Å². The molecule has 7 aromatic carbocycles. The number of alkyl halides is 24. The Morgan fingerprint density at radius 1 is 0.313 bits per heavy atom. The molecule has 0 spiro atoms. The summed E-state index contributed by atoms with van der Waals surface area (Å²) < 4.78 is 353. The lowest BCUT2D eigenvalue weighted by Crippen LogP contribution is -2.75. The van der Waals surface area contributed by atoms with E-state index in [1.807, 2.05) is 24.6 Å². The molecule has 0 saturated carbocycles. The Morgan fingerprint density at radius 2 is 0.530 bits per heavy atom. The van der Waals surface area contributed by atoms with Crippen LogP contribution in [0.2, 0.25) is 0 Å². The first-order chi connectivity index (χ1) is 37.8. The average molecular weight is 1230 g/mol. The summed E-state index contributed by atoms with van der Waals surface area (Å²) in [4.78, 5) is 2.38. The van der Waals surface area contributed by atoms with E-state index in [4.69, 9.17) is 0 Å². The van der Waals surface area contributed by atoms with Gasteiger partial charge in [-0.3, -0.25) is 0 Å². The van der Waals surface area contributed by atoms with Crippen molar-refractivity contribution < 1.29 is 110 Å². The van der Waals surface area contributed by atoms with Crippen molar-refractivity contribution in [2.45, 2.75) is 68.3 Å². The maximum absolute atomic E-state index is 14.2. The molecule has 446 valence electrons. The number of benzene rings is 7. The second-order valence-corrected chi connectivity index (χ2v) is 22.5. The highest BCUT2D eigenvalue weighted by molar-refractivity contribution is 8.00. The Labute approximate surface area is 456 Å². The molecule has 0 heterocycles. The molecule has 28 heteroatoms. The molecule has 83 heavy (non-hydrogen) atoms. The van der Waals surface area contributed by atoms with Crippen molar-refractivity contribution >= 4 is 43.6 Å². The molecule has 0 unspecified atom stereocenters.